The van der Waals surface area contributed by atoms with Crippen LogP contribution in [0.5, 0.6) is 0 Å². The fraction of sp³-hybridized carbons (Fsp3) is 0.417. The van der Waals surface area contributed by atoms with Crippen LogP contribution in [0.25, 0.3) is 16.7 Å². The van der Waals surface area contributed by atoms with Gasteiger partial charge in [-0.3, -0.25) is 0 Å². The van der Waals surface area contributed by atoms with E-state index in [1.54, 1.807) is 6.07 Å². The zero-order chi connectivity index (χ0) is 20.5. The van der Waals surface area contributed by atoms with Gasteiger partial charge in [-0.15, -0.1) is 0 Å². The number of halogens is 4. The van der Waals surface area contributed by atoms with Crippen molar-refractivity contribution in [3.63, 3.8) is 0 Å². The van der Waals surface area contributed by atoms with E-state index < -0.39 is 23.3 Å². The summed E-state index contributed by atoms with van der Waals surface area (Å²) in [5.41, 5.74) is 1.87. The van der Waals surface area contributed by atoms with E-state index in [9.17, 15) is 17.6 Å². The van der Waals surface area contributed by atoms with Gasteiger partial charge in [-0.2, -0.15) is 0 Å². The first kappa shape index (κ1) is 20.1. The van der Waals surface area contributed by atoms with Gasteiger partial charge in [-0.25, -0.2) is 17.6 Å². The quantitative estimate of drug-likeness (QED) is 0.399. The summed E-state index contributed by atoms with van der Waals surface area (Å²) in [6.07, 6.45) is 7.53. The Morgan fingerprint density at radius 2 is 1.59 bits per heavy atom. The molecule has 1 aliphatic carbocycles. The second-order valence-corrected chi connectivity index (χ2v) is 8.27. The van der Waals surface area contributed by atoms with Gasteiger partial charge in [0.25, 0.3) is 0 Å². The molecule has 0 saturated carbocycles. The van der Waals surface area contributed by atoms with Crippen molar-refractivity contribution in [2.24, 2.45) is 11.8 Å². The van der Waals surface area contributed by atoms with Crippen molar-refractivity contribution in [1.82, 2.24) is 0 Å². The molecule has 2 aliphatic rings. The number of benzene rings is 2. The summed E-state index contributed by atoms with van der Waals surface area (Å²) in [7, 11) is 0. The van der Waals surface area contributed by atoms with E-state index in [4.69, 9.17) is 4.74 Å². The molecule has 0 N–H and O–H groups in total. The van der Waals surface area contributed by atoms with E-state index in [1.807, 2.05) is 0 Å². The zero-order valence-corrected chi connectivity index (χ0v) is 16.4. The third kappa shape index (κ3) is 4.25. The van der Waals surface area contributed by atoms with Crippen LogP contribution in [0.3, 0.4) is 0 Å². The van der Waals surface area contributed by atoms with Crippen molar-refractivity contribution in [3.05, 3.63) is 65.2 Å². The van der Waals surface area contributed by atoms with Crippen LogP contribution in [0.2, 0.25) is 0 Å². The molecule has 3 atom stereocenters. The Morgan fingerprint density at radius 3 is 2.17 bits per heavy atom. The van der Waals surface area contributed by atoms with Crippen LogP contribution < -0.4 is 0 Å². The maximum atomic E-state index is 14.7. The van der Waals surface area contributed by atoms with Gasteiger partial charge < -0.3 is 4.74 Å². The Morgan fingerprint density at radius 1 is 0.862 bits per heavy atom. The minimum atomic E-state index is -1.55. The normalized spacial score (nSPS) is 25.0. The molecule has 0 bridgehead atoms. The van der Waals surface area contributed by atoms with E-state index in [0.717, 1.165) is 55.6 Å². The average Bonchev–Trinajstić information content (AvgIpc) is 2.72. The van der Waals surface area contributed by atoms with Crippen LogP contribution in [0.1, 0.15) is 44.6 Å². The van der Waals surface area contributed by atoms with E-state index >= 15 is 0 Å². The van der Waals surface area contributed by atoms with Crippen LogP contribution >= 0.6 is 0 Å². The van der Waals surface area contributed by atoms with E-state index in [0.29, 0.717) is 17.9 Å². The molecule has 1 aliphatic heterocycles. The van der Waals surface area contributed by atoms with Crippen LogP contribution in [0.15, 0.2) is 36.4 Å². The van der Waals surface area contributed by atoms with E-state index in [1.165, 1.54) is 18.6 Å². The van der Waals surface area contributed by atoms with Gasteiger partial charge in [0, 0.05) is 12.2 Å². The standard InChI is InChI=1S/C24H24F4O/c1-14-2-9-23(29-13-14)16-5-3-15(4-6-16)17-7-8-19(20(25)10-17)18-11-21(26)24(28)22(27)12-18/h3,7-8,10-12,14,16,23H,2,4-6,9,13H2,1H3. The van der Waals surface area contributed by atoms with Gasteiger partial charge in [0.15, 0.2) is 17.5 Å². The molecular formula is C24H24F4O. The lowest BCUT2D eigenvalue weighted by Gasteiger charge is -2.34. The number of ether oxygens (including phenoxy) is 1. The minimum absolute atomic E-state index is 0.0215. The molecule has 1 fully saturated rings. The number of hydrogen-bond donors (Lipinski definition) is 0. The van der Waals surface area contributed by atoms with E-state index in [-0.39, 0.29) is 11.1 Å². The molecular weight excluding hydrogens is 380 g/mol. The van der Waals surface area contributed by atoms with Crippen LogP contribution in [-0.2, 0) is 4.74 Å². The van der Waals surface area contributed by atoms with Crippen molar-refractivity contribution in [2.45, 2.75) is 45.1 Å². The molecule has 0 radical (unpaired) electrons. The predicted octanol–water partition coefficient (Wildman–Crippen LogP) is 6.91. The summed E-state index contributed by atoms with van der Waals surface area (Å²) in [4.78, 5) is 0. The van der Waals surface area contributed by atoms with Crippen LogP contribution in [0.4, 0.5) is 17.6 Å². The summed E-state index contributed by atoms with van der Waals surface area (Å²) in [6, 6.07) is 6.26. The lowest BCUT2D eigenvalue weighted by atomic mass is 9.80. The highest BCUT2D eigenvalue weighted by Gasteiger charge is 2.28. The maximum absolute atomic E-state index is 14.7. The molecule has 1 saturated heterocycles. The first-order chi connectivity index (χ1) is 13.9. The Kier molecular flexibility index (Phi) is 5.77. The number of allylic oxidation sites excluding steroid dienone is 2. The Hall–Kier alpha value is -2.14. The second-order valence-electron chi connectivity index (χ2n) is 8.27. The molecule has 4 rings (SSSR count). The summed E-state index contributed by atoms with van der Waals surface area (Å²) in [5.74, 6) is -3.66. The first-order valence-electron chi connectivity index (χ1n) is 10.2. The smallest absolute Gasteiger partial charge is 0.194 e. The molecule has 0 amide bonds. The van der Waals surface area contributed by atoms with Crippen molar-refractivity contribution >= 4 is 5.57 Å². The molecule has 1 nitrogen and oxygen atoms in total. The summed E-state index contributed by atoms with van der Waals surface area (Å²) in [6.45, 7) is 3.04. The van der Waals surface area contributed by atoms with Gasteiger partial charge in [-0.1, -0.05) is 25.1 Å². The molecule has 2 aromatic carbocycles. The van der Waals surface area contributed by atoms with Crippen molar-refractivity contribution < 1.29 is 22.3 Å². The topological polar surface area (TPSA) is 9.23 Å². The highest BCUT2D eigenvalue weighted by Crippen LogP contribution is 2.37. The average molecular weight is 404 g/mol. The Bertz CT molecular complexity index is 905. The minimum Gasteiger partial charge on any atom is -0.378 e. The lowest BCUT2D eigenvalue weighted by Crippen LogP contribution is -2.31. The lowest BCUT2D eigenvalue weighted by molar-refractivity contribution is -0.0448. The second kappa shape index (κ2) is 8.31. The summed E-state index contributed by atoms with van der Waals surface area (Å²) < 4.78 is 60.8. The molecule has 3 unspecified atom stereocenters. The highest BCUT2D eigenvalue weighted by atomic mass is 19.2. The van der Waals surface area contributed by atoms with E-state index in [2.05, 4.69) is 13.0 Å². The SMILES string of the molecule is CC1CCC(C2CC=C(c3ccc(-c4cc(F)c(F)c(F)c4)c(F)c3)CC2)OC1. The maximum Gasteiger partial charge on any atom is 0.194 e. The van der Waals surface area contributed by atoms with Gasteiger partial charge >= 0.3 is 0 Å². The molecule has 0 aromatic heterocycles. The van der Waals surface area contributed by atoms with Gasteiger partial charge in [-0.05, 0) is 78.8 Å². The van der Waals surface area contributed by atoms with Gasteiger partial charge in [0.2, 0.25) is 0 Å². The van der Waals surface area contributed by atoms with Crippen LogP contribution in [-0.4, -0.2) is 12.7 Å². The van der Waals surface area contributed by atoms with Crippen LogP contribution in [0, 0.1) is 35.1 Å². The molecule has 5 heteroatoms. The summed E-state index contributed by atoms with van der Waals surface area (Å²) >= 11 is 0. The first-order valence-corrected chi connectivity index (χ1v) is 10.2. The monoisotopic (exact) mass is 404 g/mol. The third-order valence-corrected chi connectivity index (χ3v) is 6.15. The molecule has 154 valence electrons. The molecule has 0 spiro atoms. The molecule has 29 heavy (non-hydrogen) atoms. The fourth-order valence-corrected chi connectivity index (χ4v) is 4.39. The fourth-order valence-electron chi connectivity index (χ4n) is 4.39. The van der Waals surface area contributed by atoms with Crippen molar-refractivity contribution in [2.75, 3.05) is 6.61 Å². The number of rotatable bonds is 3. The van der Waals surface area contributed by atoms with Gasteiger partial charge in [0.05, 0.1) is 6.10 Å². The van der Waals surface area contributed by atoms with Crippen molar-refractivity contribution in [1.29, 1.82) is 0 Å². The Balaban J connectivity index is 1.50. The molecule has 2 aromatic rings. The largest absolute Gasteiger partial charge is 0.378 e. The zero-order valence-electron chi connectivity index (χ0n) is 16.4. The summed E-state index contributed by atoms with van der Waals surface area (Å²) in [5, 5.41) is 0. The highest BCUT2D eigenvalue weighted by molar-refractivity contribution is 5.71. The Labute approximate surface area is 168 Å². The molecule has 1 heterocycles. The number of hydrogen-bond acceptors (Lipinski definition) is 1. The predicted molar refractivity (Wildman–Crippen MR) is 105 cm³/mol. The van der Waals surface area contributed by atoms with Crippen molar-refractivity contribution in [3.8, 4) is 11.1 Å². The van der Waals surface area contributed by atoms with Gasteiger partial charge in [0.1, 0.15) is 5.82 Å². The third-order valence-electron chi connectivity index (χ3n) is 6.15.